The van der Waals surface area contributed by atoms with Gasteiger partial charge < -0.3 is 14.2 Å². The molecular formula is C23H28N2O4S. The Morgan fingerprint density at radius 2 is 1.70 bits per heavy atom. The highest BCUT2D eigenvalue weighted by molar-refractivity contribution is 8.15. The summed E-state index contributed by atoms with van der Waals surface area (Å²) >= 11 is 1.51. The molecule has 0 spiro atoms. The summed E-state index contributed by atoms with van der Waals surface area (Å²) in [4.78, 5) is 19.7. The third-order valence-corrected chi connectivity index (χ3v) is 5.91. The summed E-state index contributed by atoms with van der Waals surface area (Å²) in [6.45, 7) is 4.85. The molecular weight excluding hydrogens is 400 g/mol. The SMILES string of the molecule is COc1ccc(N=C2S[C@@H](Cc3ccc(OC)c(OC)c3)C(=O)N2CC(C)C)cc1. The van der Waals surface area contributed by atoms with Gasteiger partial charge in [-0.3, -0.25) is 9.69 Å². The van der Waals surface area contributed by atoms with Crippen LogP contribution in [0.3, 0.4) is 0 Å². The summed E-state index contributed by atoms with van der Waals surface area (Å²) < 4.78 is 15.9. The van der Waals surface area contributed by atoms with Crippen LogP contribution in [0, 0.1) is 5.92 Å². The molecule has 6 nitrogen and oxygen atoms in total. The molecule has 2 aromatic carbocycles. The molecule has 7 heteroatoms. The number of benzene rings is 2. The number of rotatable bonds is 8. The Bertz CT molecular complexity index is 912. The first-order chi connectivity index (χ1) is 14.4. The summed E-state index contributed by atoms with van der Waals surface area (Å²) in [5.41, 5.74) is 1.82. The number of aliphatic imine (C=N–C) groups is 1. The molecule has 0 aliphatic carbocycles. The molecule has 1 aliphatic heterocycles. The van der Waals surface area contributed by atoms with Gasteiger partial charge in [-0.05, 0) is 54.3 Å². The van der Waals surface area contributed by atoms with Crippen LogP contribution in [0.1, 0.15) is 19.4 Å². The van der Waals surface area contributed by atoms with Crippen molar-refractivity contribution in [3.8, 4) is 17.2 Å². The van der Waals surface area contributed by atoms with Crippen molar-refractivity contribution in [3.05, 3.63) is 48.0 Å². The fourth-order valence-corrected chi connectivity index (χ4v) is 4.46. The Morgan fingerprint density at radius 1 is 1.00 bits per heavy atom. The normalized spacial score (nSPS) is 17.7. The molecule has 160 valence electrons. The van der Waals surface area contributed by atoms with Gasteiger partial charge in [0.2, 0.25) is 5.91 Å². The lowest BCUT2D eigenvalue weighted by molar-refractivity contribution is -0.126. The Balaban J connectivity index is 1.84. The van der Waals surface area contributed by atoms with E-state index in [2.05, 4.69) is 13.8 Å². The Kier molecular flexibility index (Phi) is 7.26. The van der Waals surface area contributed by atoms with E-state index in [1.54, 1.807) is 21.3 Å². The van der Waals surface area contributed by atoms with E-state index in [-0.39, 0.29) is 11.2 Å². The lowest BCUT2D eigenvalue weighted by Gasteiger charge is -2.18. The van der Waals surface area contributed by atoms with Crippen molar-refractivity contribution < 1.29 is 19.0 Å². The number of hydrogen-bond donors (Lipinski definition) is 0. The number of carbonyl (C=O) groups is 1. The van der Waals surface area contributed by atoms with E-state index in [9.17, 15) is 4.79 Å². The van der Waals surface area contributed by atoms with E-state index in [1.165, 1.54) is 11.8 Å². The molecule has 0 radical (unpaired) electrons. The summed E-state index contributed by atoms with van der Waals surface area (Å²) in [6.07, 6.45) is 0.597. The minimum atomic E-state index is -0.223. The predicted molar refractivity (Wildman–Crippen MR) is 121 cm³/mol. The highest BCUT2D eigenvalue weighted by atomic mass is 32.2. The highest BCUT2D eigenvalue weighted by Gasteiger charge is 2.38. The van der Waals surface area contributed by atoms with Crippen molar-refractivity contribution in [2.75, 3.05) is 27.9 Å². The summed E-state index contributed by atoms with van der Waals surface area (Å²) in [7, 11) is 4.86. The number of thioether (sulfide) groups is 1. The van der Waals surface area contributed by atoms with Gasteiger partial charge in [0, 0.05) is 6.54 Å². The first kappa shape index (κ1) is 22.0. The van der Waals surface area contributed by atoms with Crippen LogP contribution in [0.2, 0.25) is 0 Å². The second-order valence-corrected chi connectivity index (χ2v) is 8.60. The molecule has 3 rings (SSSR count). The van der Waals surface area contributed by atoms with Crippen molar-refractivity contribution in [2.24, 2.45) is 10.9 Å². The fourth-order valence-electron chi connectivity index (χ4n) is 3.25. The second kappa shape index (κ2) is 9.89. The molecule has 0 N–H and O–H groups in total. The second-order valence-electron chi connectivity index (χ2n) is 7.44. The van der Waals surface area contributed by atoms with Crippen LogP contribution in [-0.4, -0.2) is 49.1 Å². The summed E-state index contributed by atoms with van der Waals surface area (Å²) in [6, 6.07) is 13.3. The van der Waals surface area contributed by atoms with Crippen molar-refractivity contribution in [2.45, 2.75) is 25.5 Å². The number of amides is 1. The van der Waals surface area contributed by atoms with Crippen molar-refractivity contribution in [3.63, 3.8) is 0 Å². The van der Waals surface area contributed by atoms with E-state index in [0.717, 1.165) is 22.2 Å². The first-order valence-electron chi connectivity index (χ1n) is 9.86. The summed E-state index contributed by atoms with van der Waals surface area (Å²) in [5.74, 6) is 2.55. The van der Waals surface area contributed by atoms with Crippen LogP contribution < -0.4 is 14.2 Å². The van der Waals surface area contributed by atoms with Crippen LogP contribution in [0.15, 0.2) is 47.5 Å². The van der Waals surface area contributed by atoms with E-state index in [4.69, 9.17) is 19.2 Å². The van der Waals surface area contributed by atoms with Crippen LogP contribution >= 0.6 is 11.8 Å². The van der Waals surface area contributed by atoms with E-state index in [1.807, 2.05) is 47.4 Å². The number of carbonyl (C=O) groups excluding carboxylic acids is 1. The third kappa shape index (κ3) is 5.08. The molecule has 1 fully saturated rings. The maximum absolute atomic E-state index is 13.2. The zero-order chi connectivity index (χ0) is 21.7. The van der Waals surface area contributed by atoms with Gasteiger partial charge >= 0.3 is 0 Å². The largest absolute Gasteiger partial charge is 0.497 e. The molecule has 0 bridgehead atoms. The van der Waals surface area contributed by atoms with Gasteiger partial charge in [0.1, 0.15) is 5.75 Å². The van der Waals surface area contributed by atoms with E-state index < -0.39 is 0 Å². The molecule has 1 heterocycles. The van der Waals surface area contributed by atoms with Gasteiger partial charge in [-0.25, -0.2) is 4.99 Å². The lowest BCUT2D eigenvalue weighted by Crippen LogP contribution is -2.35. The maximum Gasteiger partial charge on any atom is 0.242 e. The van der Waals surface area contributed by atoms with Crippen molar-refractivity contribution >= 4 is 28.5 Å². The zero-order valence-corrected chi connectivity index (χ0v) is 18.9. The van der Waals surface area contributed by atoms with Gasteiger partial charge in [-0.1, -0.05) is 31.7 Å². The number of hydrogen-bond acceptors (Lipinski definition) is 6. The summed E-state index contributed by atoms with van der Waals surface area (Å²) in [5, 5.41) is 0.517. The van der Waals surface area contributed by atoms with Gasteiger partial charge in [-0.2, -0.15) is 0 Å². The quantitative estimate of drug-likeness (QED) is 0.618. The maximum atomic E-state index is 13.2. The van der Waals surface area contributed by atoms with E-state index in [0.29, 0.717) is 30.4 Å². The molecule has 1 amide bonds. The molecule has 0 saturated carbocycles. The third-order valence-electron chi connectivity index (χ3n) is 4.73. The van der Waals surface area contributed by atoms with Gasteiger partial charge in [0.05, 0.1) is 32.3 Å². The average molecular weight is 429 g/mol. The molecule has 0 unspecified atom stereocenters. The van der Waals surface area contributed by atoms with Crippen molar-refractivity contribution in [1.82, 2.24) is 4.90 Å². The van der Waals surface area contributed by atoms with Gasteiger partial charge in [0.25, 0.3) is 0 Å². The monoisotopic (exact) mass is 428 g/mol. The van der Waals surface area contributed by atoms with Crippen molar-refractivity contribution in [1.29, 1.82) is 0 Å². The minimum absolute atomic E-state index is 0.0933. The Labute approximate surface area is 182 Å². The molecule has 1 atom stereocenters. The Hall–Kier alpha value is -2.67. The minimum Gasteiger partial charge on any atom is -0.497 e. The molecule has 2 aromatic rings. The van der Waals surface area contributed by atoms with E-state index >= 15 is 0 Å². The molecule has 0 aromatic heterocycles. The number of ether oxygens (including phenoxy) is 3. The predicted octanol–water partition coefficient (Wildman–Crippen LogP) is 4.54. The Morgan fingerprint density at radius 3 is 2.30 bits per heavy atom. The van der Waals surface area contributed by atoms with Gasteiger partial charge in [0.15, 0.2) is 16.7 Å². The highest BCUT2D eigenvalue weighted by Crippen LogP contribution is 2.34. The smallest absolute Gasteiger partial charge is 0.242 e. The first-order valence-corrected chi connectivity index (χ1v) is 10.7. The average Bonchev–Trinajstić information content (AvgIpc) is 3.02. The van der Waals surface area contributed by atoms with Crippen LogP contribution in [-0.2, 0) is 11.2 Å². The number of nitrogens with zero attached hydrogens (tertiary/aromatic N) is 2. The zero-order valence-electron chi connectivity index (χ0n) is 18.0. The lowest BCUT2D eigenvalue weighted by atomic mass is 10.1. The van der Waals surface area contributed by atoms with Crippen LogP contribution in [0.4, 0.5) is 5.69 Å². The standard InChI is InChI=1S/C23H28N2O4S/c1-15(2)14-25-22(26)21(13-16-6-11-19(28-4)20(12-16)29-5)30-23(25)24-17-7-9-18(27-3)10-8-17/h6-12,15,21H,13-14H2,1-5H3/t21-/m0/s1. The molecule has 1 aliphatic rings. The fraction of sp³-hybridized carbons (Fsp3) is 0.391. The molecule has 1 saturated heterocycles. The number of methoxy groups -OCH3 is 3. The van der Waals surface area contributed by atoms with Gasteiger partial charge in [-0.15, -0.1) is 0 Å². The topological polar surface area (TPSA) is 60.4 Å². The van der Waals surface area contributed by atoms with Crippen LogP contribution in [0.5, 0.6) is 17.2 Å². The number of amidine groups is 1. The molecule has 30 heavy (non-hydrogen) atoms. The van der Waals surface area contributed by atoms with Crippen LogP contribution in [0.25, 0.3) is 0 Å².